The zero-order valence-electron chi connectivity index (χ0n) is 12.3. The summed E-state index contributed by atoms with van der Waals surface area (Å²) in [6.07, 6.45) is 0. The van der Waals surface area contributed by atoms with Gasteiger partial charge in [0.25, 0.3) is 0 Å². The van der Waals surface area contributed by atoms with Crippen LogP contribution in [-0.4, -0.2) is 57.3 Å². The van der Waals surface area contributed by atoms with Crippen molar-refractivity contribution in [1.29, 1.82) is 0 Å². The van der Waals surface area contributed by atoms with Crippen LogP contribution in [0.5, 0.6) is 0 Å². The lowest BCUT2D eigenvalue weighted by molar-refractivity contribution is 0.0389. The predicted molar refractivity (Wildman–Crippen MR) is 84.5 cm³/mol. The Balaban J connectivity index is 1.66. The van der Waals surface area contributed by atoms with Crippen LogP contribution in [0.15, 0.2) is 16.4 Å². The van der Waals surface area contributed by atoms with Gasteiger partial charge in [-0.3, -0.25) is 9.89 Å². The largest absolute Gasteiger partial charge is 0.379 e. The third kappa shape index (κ3) is 4.77. The number of aryl methyl sites for hydroxylation is 1. The summed E-state index contributed by atoms with van der Waals surface area (Å²) in [7, 11) is 1.81. The summed E-state index contributed by atoms with van der Waals surface area (Å²) >= 11 is 1.78. The highest BCUT2D eigenvalue weighted by molar-refractivity contribution is 7.10. The van der Waals surface area contributed by atoms with Gasteiger partial charge in [0, 0.05) is 38.1 Å². The van der Waals surface area contributed by atoms with Crippen molar-refractivity contribution in [3.63, 3.8) is 0 Å². The molecule has 0 aromatic carbocycles. The molecule has 5 nitrogen and oxygen atoms in total. The number of rotatable bonds is 5. The van der Waals surface area contributed by atoms with Crippen LogP contribution in [-0.2, 0) is 11.3 Å². The first-order chi connectivity index (χ1) is 9.79. The Morgan fingerprint density at radius 2 is 2.20 bits per heavy atom. The minimum absolute atomic E-state index is 0.834. The molecule has 1 saturated heterocycles. The Kier molecular flexibility index (Phi) is 6.29. The van der Waals surface area contributed by atoms with Crippen molar-refractivity contribution in [3.8, 4) is 0 Å². The van der Waals surface area contributed by atoms with Crippen LogP contribution in [0.2, 0.25) is 0 Å². The van der Waals surface area contributed by atoms with Gasteiger partial charge in [-0.25, -0.2) is 0 Å². The third-order valence-electron chi connectivity index (χ3n) is 3.43. The number of hydrogen-bond donors (Lipinski definition) is 2. The highest BCUT2D eigenvalue weighted by atomic mass is 32.1. The summed E-state index contributed by atoms with van der Waals surface area (Å²) in [5.41, 5.74) is 1.34. The van der Waals surface area contributed by atoms with E-state index in [0.717, 1.165) is 51.9 Å². The molecule has 1 aromatic heterocycles. The maximum absolute atomic E-state index is 5.34. The lowest BCUT2D eigenvalue weighted by Crippen LogP contribution is -2.44. The Labute approximate surface area is 125 Å². The van der Waals surface area contributed by atoms with E-state index in [9.17, 15) is 0 Å². The minimum Gasteiger partial charge on any atom is -0.379 e. The number of nitrogens with zero attached hydrogens (tertiary/aromatic N) is 2. The van der Waals surface area contributed by atoms with Gasteiger partial charge in [0.15, 0.2) is 5.96 Å². The molecular weight excluding hydrogens is 272 g/mol. The fourth-order valence-electron chi connectivity index (χ4n) is 2.13. The molecule has 0 bridgehead atoms. The van der Waals surface area contributed by atoms with Crippen LogP contribution in [0.25, 0.3) is 0 Å². The van der Waals surface area contributed by atoms with E-state index in [1.165, 1.54) is 10.4 Å². The van der Waals surface area contributed by atoms with E-state index in [4.69, 9.17) is 4.74 Å². The van der Waals surface area contributed by atoms with E-state index in [-0.39, 0.29) is 0 Å². The van der Waals surface area contributed by atoms with Gasteiger partial charge < -0.3 is 15.4 Å². The summed E-state index contributed by atoms with van der Waals surface area (Å²) in [6, 6.07) is 2.15. The first kappa shape index (κ1) is 15.3. The molecule has 1 aliphatic rings. The maximum atomic E-state index is 5.34. The predicted octanol–water partition coefficient (Wildman–Crippen LogP) is 1.05. The number of nitrogens with one attached hydrogen (secondary N) is 2. The van der Waals surface area contributed by atoms with Gasteiger partial charge in [-0.05, 0) is 23.9 Å². The van der Waals surface area contributed by atoms with Crippen molar-refractivity contribution < 1.29 is 4.74 Å². The van der Waals surface area contributed by atoms with Gasteiger partial charge in [0.1, 0.15) is 0 Å². The Morgan fingerprint density at radius 3 is 2.85 bits per heavy atom. The number of morpholine rings is 1. The standard InChI is InChI=1S/C14H24N4OS/c1-12-3-10-20-13(12)11-17-14(15-2)16-4-5-18-6-8-19-9-7-18/h3,10H,4-9,11H2,1-2H3,(H2,15,16,17). The van der Waals surface area contributed by atoms with Crippen molar-refractivity contribution >= 4 is 17.3 Å². The summed E-state index contributed by atoms with van der Waals surface area (Å²) < 4.78 is 5.34. The van der Waals surface area contributed by atoms with Gasteiger partial charge in [0.05, 0.1) is 19.8 Å². The van der Waals surface area contributed by atoms with Crippen molar-refractivity contribution in [2.24, 2.45) is 4.99 Å². The molecule has 0 aliphatic carbocycles. The zero-order valence-corrected chi connectivity index (χ0v) is 13.1. The molecule has 0 spiro atoms. The molecule has 1 fully saturated rings. The number of thiophene rings is 1. The second kappa shape index (κ2) is 8.24. The molecule has 1 aromatic rings. The van der Waals surface area contributed by atoms with Crippen molar-refractivity contribution in [2.45, 2.75) is 13.5 Å². The first-order valence-electron chi connectivity index (χ1n) is 7.07. The second-order valence-electron chi connectivity index (χ2n) is 4.83. The van der Waals surface area contributed by atoms with Gasteiger partial charge in [-0.15, -0.1) is 11.3 Å². The first-order valence-corrected chi connectivity index (χ1v) is 7.95. The molecule has 0 saturated carbocycles. The van der Waals surface area contributed by atoms with Crippen molar-refractivity contribution in [1.82, 2.24) is 15.5 Å². The molecule has 2 heterocycles. The number of ether oxygens (including phenoxy) is 1. The van der Waals surface area contributed by atoms with Crippen molar-refractivity contribution in [2.75, 3.05) is 46.4 Å². The van der Waals surface area contributed by atoms with E-state index < -0.39 is 0 Å². The van der Waals surface area contributed by atoms with E-state index in [1.54, 1.807) is 11.3 Å². The third-order valence-corrected chi connectivity index (χ3v) is 4.46. The van der Waals surface area contributed by atoms with Crippen LogP contribution in [0.4, 0.5) is 0 Å². The Bertz CT molecular complexity index is 427. The summed E-state index contributed by atoms with van der Waals surface area (Å²) in [6.45, 7) is 8.67. The maximum Gasteiger partial charge on any atom is 0.191 e. The average Bonchev–Trinajstić information content (AvgIpc) is 2.89. The molecule has 20 heavy (non-hydrogen) atoms. The van der Waals surface area contributed by atoms with Gasteiger partial charge >= 0.3 is 0 Å². The fraction of sp³-hybridized carbons (Fsp3) is 0.643. The smallest absolute Gasteiger partial charge is 0.191 e. The normalized spacial score (nSPS) is 17.2. The quantitative estimate of drug-likeness (QED) is 0.630. The lowest BCUT2D eigenvalue weighted by Gasteiger charge is -2.26. The van der Waals surface area contributed by atoms with Crippen molar-refractivity contribution in [3.05, 3.63) is 21.9 Å². The van der Waals surface area contributed by atoms with E-state index in [2.05, 4.69) is 38.9 Å². The molecule has 0 radical (unpaired) electrons. The van der Waals surface area contributed by atoms with Crippen LogP contribution < -0.4 is 10.6 Å². The molecule has 0 unspecified atom stereocenters. The van der Waals surface area contributed by atoms with Gasteiger partial charge in [0.2, 0.25) is 0 Å². The SMILES string of the molecule is CN=C(NCCN1CCOCC1)NCc1sccc1C. The lowest BCUT2D eigenvalue weighted by atomic mass is 10.3. The number of aliphatic imine (C=N–C) groups is 1. The molecular formula is C14H24N4OS. The minimum atomic E-state index is 0.834. The Hall–Kier alpha value is -1.11. The van der Waals surface area contributed by atoms with Crippen LogP contribution in [0.1, 0.15) is 10.4 Å². The van der Waals surface area contributed by atoms with Gasteiger partial charge in [-0.1, -0.05) is 0 Å². The fourth-order valence-corrected chi connectivity index (χ4v) is 2.97. The van der Waals surface area contributed by atoms with E-state index in [0.29, 0.717) is 0 Å². The number of guanidine groups is 1. The topological polar surface area (TPSA) is 48.9 Å². The van der Waals surface area contributed by atoms with Gasteiger partial charge in [-0.2, -0.15) is 0 Å². The van der Waals surface area contributed by atoms with E-state index >= 15 is 0 Å². The molecule has 6 heteroatoms. The molecule has 2 rings (SSSR count). The zero-order chi connectivity index (χ0) is 14.2. The molecule has 1 aliphatic heterocycles. The molecule has 0 atom stereocenters. The Morgan fingerprint density at radius 1 is 1.40 bits per heavy atom. The highest BCUT2D eigenvalue weighted by Gasteiger charge is 2.09. The average molecular weight is 296 g/mol. The van der Waals surface area contributed by atoms with Crippen LogP contribution >= 0.6 is 11.3 Å². The summed E-state index contributed by atoms with van der Waals surface area (Å²) in [4.78, 5) is 8.03. The monoisotopic (exact) mass is 296 g/mol. The second-order valence-corrected chi connectivity index (χ2v) is 5.83. The summed E-state index contributed by atoms with van der Waals surface area (Å²) in [5, 5.41) is 8.84. The van der Waals surface area contributed by atoms with E-state index in [1.807, 2.05) is 7.05 Å². The highest BCUT2D eigenvalue weighted by Crippen LogP contribution is 2.14. The number of hydrogen-bond acceptors (Lipinski definition) is 4. The molecule has 2 N–H and O–H groups in total. The van der Waals surface area contributed by atoms with Crippen LogP contribution in [0, 0.1) is 6.92 Å². The molecule has 0 amide bonds. The van der Waals surface area contributed by atoms with Crippen LogP contribution in [0.3, 0.4) is 0 Å². The summed E-state index contributed by atoms with van der Waals surface area (Å²) in [5.74, 6) is 0.867. The molecule has 112 valence electrons.